The van der Waals surface area contributed by atoms with Gasteiger partial charge in [0.1, 0.15) is 0 Å². The van der Waals surface area contributed by atoms with Crippen molar-refractivity contribution in [3.63, 3.8) is 0 Å². The third kappa shape index (κ3) is 3.70. The molecule has 0 radical (unpaired) electrons. The lowest BCUT2D eigenvalue weighted by Crippen LogP contribution is -2.27. The summed E-state index contributed by atoms with van der Waals surface area (Å²) in [5.41, 5.74) is 0.465. The summed E-state index contributed by atoms with van der Waals surface area (Å²) in [6.45, 7) is 0.293. The van der Waals surface area contributed by atoms with E-state index in [9.17, 15) is 4.79 Å². The van der Waals surface area contributed by atoms with Crippen molar-refractivity contribution in [2.24, 2.45) is 0 Å². The Bertz CT molecular complexity index is 346. The number of hydrogen-bond donors (Lipinski definition) is 1. The molecule has 0 aliphatic carbocycles. The summed E-state index contributed by atoms with van der Waals surface area (Å²) in [5, 5.41) is 3.54. The molecule has 1 aromatic rings. The summed E-state index contributed by atoms with van der Waals surface area (Å²) < 4.78 is 0. The first-order chi connectivity index (χ1) is 7.00. The highest BCUT2D eigenvalue weighted by molar-refractivity contribution is 6.39. The molecule has 0 aromatic heterocycles. The van der Waals surface area contributed by atoms with Crippen molar-refractivity contribution >= 4 is 34.8 Å². The van der Waals surface area contributed by atoms with E-state index in [1.807, 2.05) is 14.1 Å². The Labute approximate surface area is 99.0 Å². The van der Waals surface area contributed by atoms with Gasteiger partial charge in [0.25, 0.3) is 0 Å². The first-order valence-electron chi connectivity index (χ1n) is 4.39. The van der Waals surface area contributed by atoms with Crippen molar-refractivity contribution in [1.82, 2.24) is 4.90 Å². The van der Waals surface area contributed by atoms with Crippen LogP contribution >= 0.6 is 23.2 Å². The molecule has 1 amide bonds. The molecule has 0 saturated heterocycles. The Morgan fingerprint density at radius 3 is 2.33 bits per heavy atom. The largest absolute Gasteiger partial charge is 0.322 e. The third-order valence-electron chi connectivity index (χ3n) is 1.69. The van der Waals surface area contributed by atoms with E-state index in [0.717, 1.165) is 0 Å². The standard InChI is InChI=1S/C10H12Cl2N2O/c1-14(2)6-9(15)13-10-7(11)4-3-5-8(10)12/h3-5H,6H2,1-2H3,(H,13,15). The van der Waals surface area contributed by atoms with Crippen LogP contribution in [0, 0.1) is 0 Å². The maximum atomic E-state index is 11.5. The van der Waals surface area contributed by atoms with Crippen molar-refractivity contribution < 1.29 is 4.79 Å². The van der Waals surface area contributed by atoms with Gasteiger partial charge in [-0.15, -0.1) is 0 Å². The maximum absolute atomic E-state index is 11.5. The number of carbonyl (C=O) groups excluding carboxylic acids is 1. The monoisotopic (exact) mass is 246 g/mol. The third-order valence-corrected chi connectivity index (χ3v) is 2.32. The Kier molecular flexibility index (Phi) is 4.39. The highest BCUT2D eigenvalue weighted by Crippen LogP contribution is 2.29. The van der Waals surface area contributed by atoms with Crippen LogP contribution in [0.25, 0.3) is 0 Å². The number of nitrogens with one attached hydrogen (secondary N) is 1. The second kappa shape index (κ2) is 5.35. The van der Waals surface area contributed by atoms with Crippen molar-refractivity contribution in [1.29, 1.82) is 0 Å². The van der Waals surface area contributed by atoms with Crippen LogP contribution in [-0.2, 0) is 4.79 Å². The van der Waals surface area contributed by atoms with Gasteiger partial charge in [-0.05, 0) is 26.2 Å². The van der Waals surface area contributed by atoms with Gasteiger partial charge in [-0.3, -0.25) is 4.79 Å². The van der Waals surface area contributed by atoms with E-state index >= 15 is 0 Å². The molecule has 0 saturated carbocycles. The molecule has 3 nitrogen and oxygen atoms in total. The summed E-state index contributed by atoms with van der Waals surface area (Å²) in [6, 6.07) is 5.09. The van der Waals surface area contributed by atoms with Crippen LogP contribution in [0.4, 0.5) is 5.69 Å². The molecule has 0 atom stereocenters. The Morgan fingerprint density at radius 1 is 1.33 bits per heavy atom. The van der Waals surface area contributed by atoms with Gasteiger partial charge in [-0.2, -0.15) is 0 Å². The predicted molar refractivity (Wildman–Crippen MR) is 63.6 cm³/mol. The number of nitrogens with zero attached hydrogens (tertiary/aromatic N) is 1. The van der Waals surface area contributed by atoms with Gasteiger partial charge in [0.2, 0.25) is 5.91 Å². The maximum Gasteiger partial charge on any atom is 0.238 e. The zero-order valence-electron chi connectivity index (χ0n) is 8.55. The predicted octanol–water partition coefficient (Wildman–Crippen LogP) is 2.49. The fourth-order valence-electron chi connectivity index (χ4n) is 1.08. The molecular weight excluding hydrogens is 235 g/mol. The molecule has 82 valence electrons. The number of carbonyl (C=O) groups is 1. The van der Waals surface area contributed by atoms with E-state index in [-0.39, 0.29) is 5.91 Å². The number of likely N-dealkylation sites (N-methyl/N-ethyl adjacent to an activating group) is 1. The molecule has 1 aromatic carbocycles. The highest BCUT2D eigenvalue weighted by atomic mass is 35.5. The molecule has 0 fully saturated rings. The number of amides is 1. The van der Waals surface area contributed by atoms with E-state index < -0.39 is 0 Å². The van der Waals surface area contributed by atoms with Crippen LogP contribution in [0.5, 0.6) is 0 Å². The van der Waals surface area contributed by atoms with Gasteiger partial charge >= 0.3 is 0 Å². The lowest BCUT2D eigenvalue weighted by molar-refractivity contribution is -0.116. The summed E-state index contributed by atoms with van der Waals surface area (Å²) >= 11 is 11.8. The minimum atomic E-state index is -0.144. The number of anilines is 1. The fourth-order valence-corrected chi connectivity index (χ4v) is 1.58. The number of benzene rings is 1. The van der Waals surface area contributed by atoms with Crippen molar-refractivity contribution in [3.8, 4) is 0 Å². The summed E-state index contributed by atoms with van der Waals surface area (Å²) in [4.78, 5) is 13.2. The summed E-state index contributed by atoms with van der Waals surface area (Å²) in [7, 11) is 3.63. The average Bonchev–Trinajstić information content (AvgIpc) is 2.10. The first-order valence-corrected chi connectivity index (χ1v) is 5.15. The smallest absolute Gasteiger partial charge is 0.238 e. The van der Waals surface area contributed by atoms with Crippen LogP contribution in [0.15, 0.2) is 18.2 Å². The molecule has 0 unspecified atom stereocenters. The molecule has 0 heterocycles. The summed E-state index contributed by atoms with van der Waals surface area (Å²) in [5.74, 6) is -0.144. The minimum Gasteiger partial charge on any atom is -0.322 e. The zero-order chi connectivity index (χ0) is 11.4. The quantitative estimate of drug-likeness (QED) is 0.889. The second-order valence-electron chi connectivity index (χ2n) is 3.38. The molecule has 0 bridgehead atoms. The molecule has 0 aliphatic heterocycles. The van der Waals surface area contributed by atoms with Gasteiger partial charge in [0.15, 0.2) is 0 Å². The molecular formula is C10H12Cl2N2O. The number of halogens is 2. The van der Waals surface area contributed by atoms with Crippen LogP contribution < -0.4 is 5.32 Å². The van der Waals surface area contributed by atoms with Crippen LogP contribution in [-0.4, -0.2) is 31.4 Å². The van der Waals surface area contributed by atoms with Crippen LogP contribution in [0.1, 0.15) is 0 Å². The minimum absolute atomic E-state index is 0.144. The van der Waals surface area contributed by atoms with Crippen LogP contribution in [0.3, 0.4) is 0 Å². The number of hydrogen-bond acceptors (Lipinski definition) is 2. The molecule has 5 heteroatoms. The normalized spacial score (nSPS) is 10.5. The van der Waals surface area contributed by atoms with Gasteiger partial charge in [-0.1, -0.05) is 29.3 Å². The van der Waals surface area contributed by atoms with E-state index in [1.165, 1.54) is 0 Å². The number of para-hydroxylation sites is 1. The molecule has 0 spiro atoms. The summed E-state index contributed by atoms with van der Waals surface area (Å²) in [6.07, 6.45) is 0. The second-order valence-corrected chi connectivity index (χ2v) is 4.20. The highest BCUT2D eigenvalue weighted by Gasteiger charge is 2.09. The van der Waals surface area contributed by atoms with Gasteiger partial charge in [-0.25, -0.2) is 0 Å². The number of rotatable bonds is 3. The van der Waals surface area contributed by atoms with Gasteiger partial charge in [0.05, 0.1) is 22.3 Å². The Hall–Kier alpha value is -0.770. The Morgan fingerprint density at radius 2 is 1.87 bits per heavy atom. The average molecular weight is 247 g/mol. The zero-order valence-corrected chi connectivity index (χ0v) is 10.1. The first kappa shape index (κ1) is 12.3. The molecule has 1 rings (SSSR count). The van der Waals surface area contributed by atoms with Crippen molar-refractivity contribution in [2.75, 3.05) is 26.0 Å². The molecule has 0 aliphatic rings. The van der Waals surface area contributed by atoms with E-state index in [4.69, 9.17) is 23.2 Å². The molecule has 1 N–H and O–H groups in total. The SMILES string of the molecule is CN(C)CC(=O)Nc1c(Cl)cccc1Cl. The van der Waals surface area contributed by atoms with Crippen molar-refractivity contribution in [2.45, 2.75) is 0 Å². The van der Waals surface area contributed by atoms with E-state index in [2.05, 4.69) is 5.32 Å². The van der Waals surface area contributed by atoms with E-state index in [0.29, 0.717) is 22.3 Å². The van der Waals surface area contributed by atoms with Crippen molar-refractivity contribution in [3.05, 3.63) is 28.2 Å². The topological polar surface area (TPSA) is 32.3 Å². The van der Waals surface area contributed by atoms with Gasteiger partial charge < -0.3 is 10.2 Å². The lowest BCUT2D eigenvalue weighted by Gasteiger charge is -2.12. The lowest BCUT2D eigenvalue weighted by atomic mass is 10.3. The Balaban J connectivity index is 2.76. The van der Waals surface area contributed by atoms with Crippen LogP contribution in [0.2, 0.25) is 10.0 Å². The molecule has 15 heavy (non-hydrogen) atoms. The van der Waals surface area contributed by atoms with Gasteiger partial charge in [0, 0.05) is 0 Å². The fraction of sp³-hybridized carbons (Fsp3) is 0.300. The van der Waals surface area contributed by atoms with E-state index in [1.54, 1.807) is 23.1 Å².